The summed E-state index contributed by atoms with van der Waals surface area (Å²) in [5, 5.41) is 7.21. The van der Waals surface area contributed by atoms with E-state index in [2.05, 4.69) is 22.4 Å². The zero-order valence-electron chi connectivity index (χ0n) is 15.2. The molecule has 6 nitrogen and oxygen atoms in total. The molecule has 1 amide bonds. The number of nitrogens with zero attached hydrogens (tertiary/aromatic N) is 3. The third kappa shape index (κ3) is 4.66. The van der Waals surface area contributed by atoms with Crippen molar-refractivity contribution in [3.63, 3.8) is 0 Å². The first-order chi connectivity index (χ1) is 12.5. The van der Waals surface area contributed by atoms with Gasteiger partial charge in [-0.2, -0.15) is 4.98 Å². The highest BCUT2D eigenvalue weighted by Crippen LogP contribution is 2.26. The monoisotopic (exact) mass is 360 g/mol. The van der Waals surface area contributed by atoms with Crippen molar-refractivity contribution in [1.29, 1.82) is 0 Å². The van der Waals surface area contributed by atoms with Crippen molar-refractivity contribution in [3.8, 4) is 0 Å². The molecule has 1 aromatic heterocycles. The smallest absolute Gasteiger partial charge is 0.231 e. The highest BCUT2D eigenvalue weighted by molar-refractivity contribution is 5.78. The predicted molar refractivity (Wildman–Crippen MR) is 95.2 cm³/mol. The Morgan fingerprint density at radius 1 is 1.42 bits per heavy atom. The molecule has 1 N–H and O–H groups in total. The molecule has 1 saturated heterocycles. The largest absolute Gasteiger partial charge is 0.342 e. The molecule has 0 spiro atoms. The number of piperidine rings is 1. The summed E-state index contributed by atoms with van der Waals surface area (Å²) >= 11 is 0. The maximum atomic E-state index is 13.0. The van der Waals surface area contributed by atoms with E-state index in [-0.39, 0.29) is 30.1 Å². The second kappa shape index (κ2) is 8.40. The van der Waals surface area contributed by atoms with E-state index in [9.17, 15) is 9.18 Å². The van der Waals surface area contributed by atoms with Crippen molar-refractivity contribution in [2.75, 3.05) is 20.1 Å². The highest BCUT2D eigenvalue weighted by Gasteiger charge is 2.28. The molecule has 140 valence electrons. The van der Waals surface area contributed by atoms with Crippen molar-refractivity contribution >= 4 is 5.91 Å². The van der Waals surface area contributed by atoms with Gasteiger partial charge in [0.1, 0.15) is 5.82 Å². The van der Waals surface area contributed by atoms with Crippen LogP contribution in [0, 0.1) is 5.82 Å². The number of likely N-dealkylation sites (N-methyl/N-ethyl adjacent to an activating group) is 1. The van der Waals surface area contributed by atoms with E-state index in [1.54, 1.807) is 12.1 Å². The highest BCUT2D eigenvalue weighted by atomic mass is 19.1. The fraction of sp³-hybridized carbons (Fsp3) is 0.526. The van der Waals surface area contributed by atoms with Crippen LogP contribution in [-0.2, 0) is 17.6 Å². The number of halogens is 1. The number of nitrogens with one attached hydrogen (secondary N) is 1. The molecule has 1 aliphatic heterocycles. The van der Waals surface area contributed by atoms with Gasteiger partial charge in [0.05, 0.1) is 12.3 Å². The molecular weight excluding hydrogens is 335 g/mol. The number of hydrogen-bond acceptors (Lipinski definition) is 5. The van der Waals surface area contributed by atoms with Gasteiger partial charge in [-0.25, -0.2) is 4.39 Å². The summed E-state index contributed by atoms with van der Waals surface area (Å²) in [6, 6.07) is 6.35. The average molecular weight is 360 g/mol. The van der Waals surface area contributed by atoms with E-state index >= 15 is 0 Å². The second-order valence-corrected chi connectivity index (χ2v) is 6.92. The van der Waals surface area contributed by atoms with Gasteiger partial charge in [0, 0.05) is 25.6 Å². The third-order valence-electron chi connectivity index (χ3n) is 4.86. The van der Waals surface area contributed by atoms with Crippen LogP contribution in [0.2, 0.25) is 0 Å². The summed E-state index contributed by atoms with van der Waals surface area (Å²) in [5.41, 5.74) is 0.819. The van der Waals surface area contributed by atoms with Crippen LogP contribution >= 0.6 is 0 Å². The summed E-state index contributed by atoms with van der Waals surface area (Å²) in [4.78, 5) is 18.9. The van der Waals surface area contributed by atoms with E-state index in [1.165, 1.54) is 12.1 Å². The summed E-state index contributed by atoms with van der Waals surface area (Å²) in [7, 11) is 1.90. The lowest BCUT2D eigenvalue weighted by molar-refractivity contribution is -0.131. The fourth-order valence-electron chi connectivity index (χ4n) is 3.19. The Kier molecular flexibility index (Phi) is 5.98. The summed E-state index contributed by atoms with van der Waals surface area (Å²) in [6.45, 7) is 3.38. The molecule has 0 saturated carbocycles. The first-order valence-electron chi connectivity index (χ1n) is 9.07. The number of carbonyl (C=O) groups excluding carboxylic acids is 1. The molecule has 1 fully saturated rings. The van der Waals surface area contributed by atoms with E-state index < -0.39 is 0 Å². The van der Waals surface area contributed by atoms with Gasteiger partial charge in [-0.15, -0.1) is 0 Å². The summed E-state index contributed by atoms with van der Waals surface area (Å²) in [6.07, 6.45) is 2.83. The first-order valence-corrected chi connectivity index (χ1v) is 9.07. The lowest BCUT2D eigenvalue weighted by atomic mass is 9.97. The second-order valence-electron chi connectivity index (χ2n) is 6.92. The van der Waals surface area contributed by atoms with E-state index in [0.717, 1.165) is 24.9 Å². The SMILES string of the molecule is CNC(C)Cc1noc(C2CCCN(C(=O)Cc3ccc(F)cc3)C2)n1. The molecule has 2 aromatic rings. The first kappa shape index (κ1) is 18.5. The molecule has 3 rings (SSSR count). The molecule has 26 heavy (non-hydrogen) atoms. The number of likely N-dealkylation sites (tertiary alicyclic amines) is 1. The number of carbonyl (C=O) groups is 1. The van der Waals surface area contributed by atoms with Gasteiger partial charge >= 0.3 is 0 Å². The molecule has 2 unspecified atom stereocenters. The Balaban J connectivity index is 1.60. The van der Waals surface area contributed by atoms with Crippen LogP contribution in [0.1, 0.15) is 43.0 Å². The number of rotatable bonds is 6. The van der Waals surface area contributed by atoms with E-state index in [4.69, 9.17) is 4.52 Å². The fourth-order valence-corrected chi connectivity index (χ4v) is 3.19. The maximum absolute atomic E-state index is 13.0. The molecule has 1 aromatic carbocycles. The van der Waals surface area contributed by atoms with Crippen LogP contribution in [-0.4, -0.2) is 47.1 Å². The predicted octanol–water partition coefficient (Wildman–Crippen LogP) is 2.31. The van der Waals surface area contributed by atoms with Gasteiger partial charge in [-0.1, -0.05) is 17.3 Å². The molecule has 2 heterocycles. The van der Waals surface area contributed by atoms with Crippen molar-refractivity contribution in [3.05, 3.63) is 47.4 Å². The van der Waals surface area contributed by atoms with E-state index in [1.807, 2.05) is 11.9 Å². The Morgan fingerprint density at radius 2 is 2.19 bits per heavy atom. The number of amides is 1. The lowest BCUT2D eigenvalue weighted by Gasteiger charge is -2.31. The Morgan fingerprint density at radius 3 is 2.92 bits per heavy atom. The van der Waals surface area contributed by atoms with Gasteiger partial charge in [-0.3, -0.25) is 4.79 Å². The van der Waals surface area contributed by atoms with Crippen LogP contribution < -0.4 is 5.32 Å². The van der Waals surface area contributed by atoms with Crippen LogP contribution in [0.4, 0.5) is 4.39 Å². The zero-order chi connectivity index (χ0) is 18.5. The average Bonchev–Trinajstić information content (AvgIpc) is 3.12. The minimum atomic E-state index is -0.293. The molecule has 2 atom stereocenters. The quantitative estimate of drug-likeness (QED) is 0.856. The van der Waals surface area contributed by atoms with Crippen molar-refractivity contribution < 1.29 is 13.7 Å². The maximum Gasteiger partial charge on any atom is 0.231 e. The van der Waals surface area contributed by atoms with Gasteiger partial charge < -0.3 is 14.7 Å². The van der Waals surface area contributed by atoms with Crippen LogP contribution in [0.5, 0.6) is 0 Å². The van der Waals surface area contributed by atoms with Crippen LogP contribution in [0.25, 0.3) is 0 Å². The molecule has 0 radical (unpaired) electrons. The van der Waals surface area contributed by atoms with Crippen molar-refractivity contribution in [2.24, 2.45) is 0 Å². The molecular formula is C19H25FN4O2. The molecule has 0 aliphatic carbocycles. The van der Waals surface area contributed by atoms with Gasteiger partial charge in [-0.05, 0) is 44.5 Å². The number of aromatic nitrogens is 2. The van der Waals surface area contributed by atoms with Gasteiger partial charge in [0.25, 0.3) is 0 Å². The standard InChI is InChI=1S/C19H25FN4O2/c1-13(21-2)10-17-22-19(26-23-17)15-4-3-9-24(12-15)18(25)11-14-5-7-16(20)8-6-14/h5-8,13,15,21H,3-4,9-12H2,1-2H3. The third-order valence-corrected chi connectivity index (χ3v) is 4.86. The normalized spacial score (nSPS) is 18.7. The Labute approximate surface area is 152 Å². The van der Waals surface area contributed by atoms with Crippen molar-refractivity contribution in [2.45, 2.75) is 44.6 Å². The minimum Gasteiger partial charge on any atom is -0.342 e. The summed E-state index contributed by atoms with van der Waals surface area (Å²) < 4.78 is 18.4. The topological polar surface area (TPSA) is 71.3 Å². The molecule has 1 aliphatic rings. The minimum absolute atomic E-state index is 0.0462. The van der Waals surface area contributed by atoms with Crippen LogP contribution in [0.3, 0.4) is 0 Å². The van der Waals surface area contributed by atoms with Gasteiger partial charge in [0.2, 0.25) is 11.8 Å². The van der Waals surface area contributed by atoms with Crippen LogP contribution in [0.15, 0.2) is 28.8 Å². The zero-order valence-corrected chi connectivity index (χ0v) is 15.2. The van der Waals surface area contributed by atoms with Crippen molar-refractivity contribution in [1.82, 2.24) is 20.4 Å². The molecule has 0 bridgehead atoms. The number of hydrogen-bond donors (Lipinski definition) is 1. The number of benzene rings is 1. The molecule has 7 heteroatoms. The Hall–Kier alpha value is -2.28. The summed E-state index contributed by atoms with van der Waals surface area (Å²) in [5.74, 6) is 1.13. The Bertz CT molecular complexity index is 731. The van der Waals surface area contributed by atoms with Gasteiger partial charge in [0.15, 0.2) is 5.82 Å². The van der Waals surface area contributed by atoms with E-state index in [0.29, 0.717) is 24.7 Å². The lowest BCUT2D eigenvalue weighted by Crippen LogP contribution is -2.40.